The topological polar surface area (TPSA) is 106 Å². The molecule has 0 radical (unpaired) electrons. The Hall–Kier alpha value is -3.15. The lowest BCUT2D eigenvalue weighted by atomic mass is 9.92. The molecule has 7 nitrogen and oxygen atoms in total. The van der Waals surface area contributed by atoms with Crippen LogP contribution in [0.2, 0.25) is 0 Å². The highest BCUT2D eigenvalue weighted by molar-refractivity contribution is 5.87. The number of carbonyl (C=O) groups is 1. The lowest BCUT2D eigenvalue weighted by molar-refractivity contribution is -0.603. The van der Waals surface area contributed by atoms with Gasteiger partial charge in [-0.1, -0.05) is 0 Å². The minimum absolute atomic E-state index is 0.0264. The summed E-state index contributed by atoms with van der Waals surface area (Å²) in [6, 6.07) is 3.44. The van der Waals surface area contributed by atoms with Gasteiger partial charge in [0.2, 0.25) is 18.5 Å². The molecule has 31 heavy (non-hydrogen) atoms. The monoisotopic (exact) mass is 429 g/mol. The number of pyridine rings is 1. The molecule has 2 aromatic rings. The zero-order valence-electron chi connectivity index (χ0n) is 17.1. The highest BCUT2D eigenvalue weighted by Gasteiger charge is 2.39. The van der Waals surface area contributed by atoms with Crippen molar-refractivity contribution < 1.29 is 18.3 Å². The van der Waals surface area contributed by atoms with Gasteiger partial charge in [-0.05, 0) is 49.8 Å². The summed E-state index contributed by atoms with van der Waals surface area (Å²) < 4.78 is 29.3. The molecule has 1 amide bonds. The predicted molar refractivity (Wildman–Crippen MR) is 108 cm³/mol. The standard InChI is InChI=1S/C22H22F2N4O3/c1-11(17-7-2-12(9-25)10-28(17)31)26-18(29)8-14-19(13-3-4-13)20-16(27-22(14)30)6-5-15(23)21(20)24/h5-6,11-13,17H,2-4,7-8,10H2,1H3,(H-,26,27,29,30)/p+1/t11-,12?,17?/m1/s1. The van der Waals surface area contributed by atoms with Gasteiger partial charge in [0.25, 0.3) is 5.56 Å². The molecule has 162 valence electrons. The second-order valence-corrected chi connectivity index (χ2v) is 8.51. The van der Waals surface area contributed by atoms with Crippen molar-refractivity contribution in [3.8, 4) is 6.07 Å². The minimum Gasteiger partial charge on any atom is -0.347 e. The van der Waals surface area contributed by atoms with E-state index in [1.54, 1.807) is 6.92 Å². The van der Waals surface area contributed by atoms with E-state index in [4.69, 9.17) is 5.26 Å². The Morgan fingerprint density at radius 2 is 2.06 bits per heavy atom. The maximum absolute atomic E-state index is 14.6. The molecule has 2 heterocycles. The molecule has 2 N–H and O–H groups in total. The Balaban J connectivity index is 1.58. The number of aromatic amines is 1. The second kappa shape index (κ2) is 8.17. The number of amides is 1. The number of hydrogen-bond donors (Lipinski definition) is 2. The van der Waals surface area contributed by atoms with Crippen LogP contribution in [0.5, 0.6) is 0 Å². The third kappa shape index (κ3) is 4.07. The first kappa shape index (κ1) is 21.1. The summed E-state index contributed by atoms with van der Waals surface area (Å²) in [6.07, 6.45) is 2.27. The van der Waals surface area contributed by atoms with Crippen molar-refractivity contribution in [1.29, 1.82) is 5.26 Å². The van der Waals surface area contributed by atoms with Crippen LogP contribution < -0.4 is 10.9 Å². The van der Waals surface area contributed by atoms with E-state index in [1.807, 2.05) is 0 Å². The summed E-state index contributed by atoms with van der Waals surface area (Å²) in [6.45, 7) is 1.81. The number of fused-ring (bicyclic) bond motifs is 1. The Morgan fingerprint density at radius 1 is 1.32 bits per heavy atom. The van der Waals surface area contributed by atoms with Gasteiger partial charge >= 0.3 is 0 Å². The van der Waals surface area contributed by atoms with Crippen molar-refractivity contribution in [2.24, 2.45) is 5.92 Å². The third-order valence-electron chi connectivity index (χ3n) is 6.26. The number of H-pyrrole nitrogens is 1. The van der Waals surface area contributed by atoms with Crippen LogP contribution in [0.3, 0.4) is 0 Å². The highest BCUT2D eigenvalue weighted by Crippen LogP contribution is 2.44. The van der Waals surface area contributed by atoms with Gasteiger partial charge in [-0.15, -0.1) is 0 Å². The highest BCUT2D eigenvalue weighted by atomic mass is 19.2. The summed E-state index contributed by atoms with van der Waals surface area (Å²) in [4.78, 5) is 40.2. The number of benzene rings is 1. The van der Waals surface area contributed by atoms with E-state index in [-0.39, 0.29) is 41.3 Å². The molecule has 2 unspecified atom stereocenters. The van der Waals surface area contributed by atoms with Crippen molar-refractivity contribution in [2.45, 2.75) is 57.0 Å². The molecule has 1 aromatic heterocycles. The number of halogens is 2. The number of hydrogen-bond acceptors (Lipinski definition) is 4. The first-order valence-electron chi connectivity index (χ1n) is 10.5. The van der Waals surface area contributed by atoms with E-state index in [0.29, 0.717) is 18.4 Å². The van der Waals surface area contributed by atoms with Gasteiger partial charge in [0, 0.05) is 27.0 Å². The number of rotatable bonds is 5. The van der Waals surface area contributed by atoms with Crippen LogP contribution in [-0.2, 0) is 11.2 Å². The molecule has 9 heteroatoms. The van der Waals surface area contributed by atoms with Gasteiger partial charge in [-0.25, -0.2) is 8.78 Å². The molecular formula is C22H23F2N4O3+. The Morgan fingerprint density at radius 3 is 2.71 bits per heavy atom. The number of aromatic nitrogens is 1. The van der Waals surface area contributed by atoms with Crippen LogP contribution in [0.4, 0.5) is 8.78 Å². The summed E-state index contributed by atoms with van der Waals surface area (Å²) in [5, 5.41) is 11.8. The van der Waals surface area contributed by atoms with E-state index >= 15 is 0 Å². The molecular weight excluding hydrogens is 406 g/mol. The molecule has 2 aliphatic rings. The van der Waals surface area contributed by atoms with Gasteiger partial charge in [0.15, 0.2) is 11.6 Å². The van der Waals surface area contributed by atoms with Crippen LogP contribution >= 0.6 is 0 Å². The smallest absolute Gasteiger partial charge is 0.252 e. The van der Waals surface area contributed by atoms with E-state index in [2.05, 4.69) is 16.4 Å². The summed E-state index contributed by atoms with van der Waals surface area (Å²) in [5.74, 6) is -2.90. The maximum Gasteiger partial charge on any atom is 0.252 e. The molecule has 0 bridgehead atoms. The van der Waals surface area contributed by atoms with E-state index in [9.17, 15) is 23.3 Å². The van der Waals surface area contributed by atoms with Crippen LogP contribution in [0.15, 0.2) is 16.9 Å². The van der Waals surface area contributed by atoms with Crippen LogP contribution in [0.25, 0.3) is 10.9 Å². The lowest BCUT2D eigenvalue weighted by Crippen LogP contribution is -2.49. The lowest BCUT2D eigenvalue weighted by Gasteiger charge is -2.23. The first-order chi connectivity index (χ1) is 14.8. The fourth-order valence-electron chi connectivity index (χ4n) is 4.51. The Kier molecular flexibility index (Phi) is 5.56. The summed E-state index contributed by atoms with van der Waals surface area (Å²) >= 11 is 0. The van der Waals surface area contributed by atoms with Gasteiger partial charge in [-0.2, -0.15) is 5.26 Å². The van der Waals surface area contributed by atoms with Crippen molar-refractivity contribution in [2.75, 3.05) is 6.54 Å². The first-order valence-corrected chi connectivity index (χ1v) is 10.5. The van der Waals surface area contributed by atoms with Gasteiger partial charge in [0.05, 0.1) is 24.0 Å². The van der Waals surface area contributed by atoms with Crippen molar-refractivity contribution in [3.05, 3.63) is 50.2 Å². The zero-order chi connectivity index (χ0) is 22.3. The molecule has 1 aliphatic heterocycles. The van der Waals surface area contributed by atoms with E-state index < -0.39 is 35.2 Å². The van der Waals surface area contributed by atoms with Gasteiger partial charge in [0.1, 0.15) is 5.92 Å². The molecule has 1 saturated heterocycles. The minimum atomic E-state index is -1.03. The molecule has 0 spiro atoms. The Bertz CT molecular complexity index is 1170. The fraction of sp³-hybridized carbons (Fsp3) is 0.500. The number of nitrogens with one attached hydrogen (secondary N) is 2. The SMILES string of the molecule is C[C@@H](NC(=O)Cc1c(C2CC2)c2c(F)c(F)ccc2[nH]c1=O)C1CCC(C#N)C[N+]1=O. The molecule has 2 fully saturated rings. The average molecular weight is 429 g/mol. The Labute approximate surface area is 177 Å². The predicted octanol–water partition coefficient (Wildman–Crippen LogP) is 2.81. The number of piperidine rings is 1. The second-order valence-electron chi connectivity index (χ2n) is 8.51. The number of nitrogens with zero attached hydrogens (tertiary/aromatic N) is 2. The molecule has 1 saturated carbocycles. The molecule has 4 rings (SSSR count). The number of nitroso groups, excluding NO2 is 1. The van der Waals surface area contributed by atoms with Crippen LogP contribution in [0, 0.1) is 33.8 Å². The molecule has 1 aromatic carbocycles. The summed E-state index contributed by atoms with van der Waals surface area (Å²) in [5.41, 5.74) is 0.248. The quantitative estimate of drug-likeness (QED) is 0.713. The normalized spacial score (nSPS) is 22.2. The molecule has 3 atom stereocenters. The van der Waals surface area contributed by atoms with Crippen molar-refractivity contribution in [1.82, 2.24) is 10.3 Å². The largest absolute Gasteiger partial charge is 0.347 e. The maximum atomic E-state index is 14.6. The van der Waals surface area contributed by atoms with Gasteiger partial charge < -0.3 is 10.3 Å². The zero-order valence-corrected chi connectivity index (χ0v) is 17.1. The van der Waals surface area contributed by atoms with Gasteiger partial charge in [-0.3, -0.25) is 9.59 Å². The fourth-order valence-corrected chi connectivity index (χ4v) is 4.51. The van der Waals surface area contributed by atoms with E-state index in [1.165, 1.54) is 6.07 Å². The van der Waals surface area contributed by atoms with Crippen molar-refractivity contribution in [3.63, 3.8) is 0 Å². The van der Waals surface area contributed by atoms with E-state index in [0.717, 1.165) is 23.7 Å². The number of carbonyl (C=O) groups excluding carboxylic acids is 1. The number of nitriles is 1. The average Bonchev–Trinajstić information content (AvgIpc) is 3.56. The summed E-state index contributed by atoms with van der Waals surface area (Å²) in [7, 11) is 0. The molecule has 1 aliphatic carbocycles. The van der Waals surface area contributed by atoms with Crippen molar-refractivity contribution >= 4 is 16.8 Å². The van der Waals surface area contributed by atoms with Crippen LogP contribution in [0.1, 0.15) is 49.7 Å². The third-order valence-corrected chi connectivity index (χ3v) is 6.26. The van der Waals surface area contributed by atoms with Crippen LogP contribution in [-0.4, -0.2) is 34.3 Å².